The molecule has 0 radical (unpaired) electrons. The van der Waals surface area contributed by atoms with Crippen LogP contribution in [0, 0.1) is 11.8 Å². The molecule has 0 amide bonds. The summed E-state index contributed by atoms with van der Waals surface area (Å²) in [5.74, 6) is 0.882. The third-order valence-electron chi connectivity index (χ3n) is 3.48. The van der Waals surface area contributed by atoms with Gasteiger partial charge in [0.2, 0.25) is 0 Å². The first kappa shape index (κ1) is 18.7. The minimum atomic E-state index is -0.265. The van der Waals surface area contributed by atoms with Crippen LogP contribution in [0.15, 0.2) is 36.0 Å². The highest BCUT2D eigenvalue weighted by atomic mass is 16.5. The second-order valence-corrected chi connectivity index (χ2v) is 5.85. The lowest BCUT2D eigenvalue weighted by molar-refractivity contribution is -0.139. The van der Waals surface area contributed by atoms with E-state index in [2.05, 4.69) is 40.9 Å². The van der Waals surface area contributed by atoms with Crippen molar-refractivity contribution in [2.24, 2.45) is 11.8 Å². The summed E-state index contributed by atoms with van der Waals surface area (Å²) in [5, 5.41) is 0. The molecule has 0 saturated carbocycles. The van der Waals surface area contributed by atoms with Gasteiger partial charge in [-0.25, -0.2) is 0 Å². The van der Waals surface area contributed by atoms with Crippen LogP contribution < -0.4 is 0 Å². The van der Waals surface area contributed by atoms with Gasteiger partial charge in [-0.05, 0) is 35.8 Å². The molecule has 0 heterocycles. The van der Waals surface area contributed by atoms with E-state index in [-0.39, 0.29) is 12.6 Å². The number of hydrogen-bond acceptors (Lipinski definition) is 2. The van der Waals surface area contributed by atoms with Crippen LogP contribution in [0.1, 0.15) is 53.9 Å². The number of rotatable bonds is 9. The average Bonchev–Trinajstić information content (AvgIpc) is 2.39. The van der Waals surface area contributed by atoms with Gasteiger partial charge in [0.25, 0.3) is 0 Å². The Kier molecular flexibility index (Phi) is 8.94. The van der Waals surface area contributed by atoms with Gasteiger partial charge in [-0.15, -0.1) is 0 Å². The molecule has 0 aromatic carbocycles. The summed E-state index contributed by atoms with van der Waals surface area (Å²) in [4.78, 5) is 11.0. The van der Waals surface area contributed by atoms with Crippen molar-refractivity contribution in [2.45, 2.75) is 53.9 Å². The van der Waals surface area contributed by atoms with E-state index in [9.17, 15) is 4.79 Å². The molecular formula is C18H30O2. The van der Waals surface area contributed by atoms with Gasteiger partial charge in [0, 0.05) is 6.92 Å². The summed E-state index contributed by atoms with van der Waals surface area (Å²) in [6, 6.07) is 0. The summed E-state index contributed by atoms with van der Waals surface area (Å²) in [5.41, 5.74) is 3.06. The number of ether oxygens (including phenoxy) is 1. The zero-order valence-corrected chi connectivity index (χ0v) is 13.8. The lowest BCUT2D eigenvalue weighted by Crippen LogP contribution is -2.06. The van der Waals surface area contributed by atoms with Crippen LogP contribution >= 0.6 is 0 Å². The molecule has 20 heavy (non-hydrogen) atoms. The van der Waals surface area contributed by atoms with Gasteiger partial charge >= 0.3 is 5.97 Å². The summed E-state index contributed by atoms with van der Waals surface area (Å²) >= 11 is 0. The van der Waals surface area contributed by atoms with Gasteiger partial charge in [0.05, 0.1) is 0 Å². The second kappa shape index (κ2) is 9.57. The number of carbonyl (C=O) groups is 1. The second-order valence-electron chi connectivity index (χ2n) is 5.85. The highest BCUT2D eigenvalue weighted by molar-refractivity contribution is 5.66. The fourth-order valence-corrected chi connectivity index (χ4v) is 1.79. The fourth-order valence-electron chi connectivity index (χ4n) is 1.79. The molecule has 0 aliphatic heterocycles. The largest absolute Gasteiger partial charge is 0.461 e. The van der Waals surface area contributed by atoms with Crippen molar-refractivity contribution in [3.05, 3.63) is 36.0 Å². The maximum atomic E-state index is 11.0. The van der Waals surface area contributed by atoms with E-state index in [0.717, 1.165) is 29.6 Å². The summed E-state index contributed by atoms with van der Waals surface area (Å²) in [6.07, 6.45) is 5.22. The van der Waals surface area contributed by atoms with E-state index < -0.39 is 0 Å². The molecule has 0 spiro atoms. The van der Waals surface area contributed by atoms with Crippen molar-refractivity contribution in [3.8, 4) is 0 Å². The molecule has 0 N–H and O–H groups in total. The molecule has 0 rings (SSSR count). The molecule has 0 aliphatic carbocycles. The van der Waals surface area contributed by atoms with Crippen LogP contribution in [0.3, 0.4) is 0 Å². The van der Waals surface area contributed by atoms with Crippen molar-refractivity contribution >= 4 is 5.97 Å². The minimum absolute atomic E-state index is 0.265. The minimum Gasteiger partial charge on any atom is -0.461 e. The highest BCUT2D eigenvalue weighted by Crippen LogP contribution is 2.22. The quantitative estimate of drug-likeness (QED) is 0.435. The first-order valence-corrected chi connectivity index (χ1v) is 7.48. The molecule has 0 fully saturated rings. The molecule has 0 aromatic rings. The lowest BCUT2D eigenvalue weighted by Gasteiger charge is -2.16. The Morgan fingerprint density at radius 3 is 2.25 bits per heavy atom. The maximum absolute atomic E-state index is 11.0. The first-order valence-electron chi connectivity index (χ1n) is 7.48. The molecule has 1 atom stereocenters. The molecular weight excluding hydrogens is 248 g/mol. The molecule has 0 aromatic heterocycles. The number of esters is 1. The zero-order valence-electron chi connectivity index (χ0n) is 13.8. The Balaban J connectivity index is 4.74. The summed E-state index contributed by atoms with van der Waals surface area (Å²) in [7, 11) is 0. The van der Waals surface area contributed by atoms with Crippen molar-refractivity contribution in [2.75, 3.05) is 6.61 Å². The first-order chi connectivity index (χ1) is 9.27. The molecule has 114 valence electrons. The third-order valence-corrected chi connectivity index (χ3v) is 3.48. The van der Waals surface area contributed by atoms with Crippen LogP contribution in [0.2, 0.25) is 0 Å². The Morgan fingerprint density at radius 1 is 1.20 bits per heavy atom. The summed E-state index contributed by atoms with van der Waals surface area (Å²) < 4.78 is 5.10. The maximum Gasteiger partial charge on any atom is 0.302 e. The van der Waals surface area contributed by atoms with Gasteiger partial charge in [0.15, 0.2) is 0 Å². The Morgan fingerprint density at radius 2 is 1.80 bits per heavy atom. The normalized spacial score (nSPS) is 13.2. The molecule has 0 bridgehead atoms. The number of allylic oxidation sites excluding steroid dienone is 2. The van der Waals surface area contributed by atoms with Crippen LogP contribution in [-0.2, 0) is 9.53 Å². The zero-order chi connectivity index (χ0) is 15.7. The third kappa shape index (κ3) is 7.98. The standard InChI is InChI=1S/C18H30O2/c1-8-14(4)18(12-20-17(7)19)11-16(6)15(5)10-9-13(2)3/h11,13,15H,4,6,8-10,12H2,1-3,5,7H3/b18-11-. The topological polar surface area (TPSA) is 26.3 Å². The van der Waals surface area contributed by atoms with Gasteiger partial charge in [-0.3, -0.25) is 4.79 Å². The van der Waals surface area contributed by atoms with Gasteiger partial charge in [-0.1, -0.05) is 58.9 Å². The van der Waals surface area contributed by atoms with E-state index in [1.807, 2.05) is 6.08 Å². The average molecular weight is 278 g/mol. The van der Waals surface area contributed by atoms with Crippen LogP contribution in [0.5, 0.6) is 0 Å². The van der Waals surface area contributed by atoms with Crippen LogP contribution in [0.25, 0.3) is 0 Å². The van der Waals surface area contributed by atoms with Crippen molar-refractivity contribution in [1.82, 2.24) is 0 Å². The van der Waals surface area contributed by atoms with Crippen molar-refractivity contribution in [1.29, 1.82) is 0 Å². The fraction of sp³-hybridized carbons (Fsp3) is 0.611. The van der Waals surface area contributed by atoms with E-state index in [1.165, 1.54) is 13.3 Å². The van der Waals surface area contributed by atoms with Gasteiger partial charge in [-0.2, -0.15) is 0 Å². The predicted molar refractivity (Wildman–Crippen MR) is 86.5 cm³/mol. The smallest absolute Gasteiger partial charge is 0.302 e. The highest BCUT2D eigenvalue weighted by Gasteiger charge is 2.09. The van der Waals surface area contributed by atoms with E-state index in [4.69, 9.17) is 4.74 Å². The molecule has 1 unspecified atom stereocenters. The van der Waals surface area contributed by atoms with Crippen LogP contribution in [-0.4, -0.2) is 12.6 Å². The Labute approximate surface area is 124 Å². The summed E-state index contributed by atoms with van der Waals surface area (Å²) in [6.45, 7) is 18.6. The molecule has 2 nitrogen and oxygen atoms in total. The number of carbonyl (C=O) groups excluding carboxylic acids is 1. The molecule has 0 saturated heterocycles. The molecule has 2 heteroatoms. The number of hydrogen-bond donors (Lipinski definition) is 0. The molecule has 0 aliphatic rings. The van der Waals surface area contributed by atoms with E-state index >= 15 is 0 Å². The van der Waals surface area contributed by atoms with E-state index in [0.29, 0.717) is 11.8 Å². The van der Waals surface area contributed by atoms with Crippen molar-refractivity contribution < 1.29 is 9.53 Å². The SMILES string of the molecule is C=C(CC)/C(=C\C(=C)C(C)CCC(C)C)COC(C)=O. The predicted octanol–water partition coefficient (Wildman–Crippen LogP) is 5.07. The van der Waals surface area contributed by atoms with Crippen molar-refractivity contribution in [3.63, 3.8) is 0 Å². The van der Waals surface area contributed by atoms with Crippen LogP contribution in [0.4, 0.5) is 0 Å². The van der Waals surface area contributed by atoms with Gasteiger partial charge in [0.1, 0.15) is 6.61 Å². The monoisotopic (exact) mass is 278 g/mol. The Hall–Kier alpha value is -1.31. The van der Waals surface area contributed by atoms with E-state index in [1.54, 1.807) is 0 Å². The lowest BCUT2D eigenvalue weighted by atomic mass is 9.91. The van der Waals surface area contributed by atoms with Gasteiger partial charge < -0.3 is 4.74 Å². The Bertz CT molecular complexity index is 375.